The molecule has 44 heavy (non-hydrogen) atoms. The number of aliphatic hydroxyl groups excluding tert-OH is 1. The minimum absolute atomic E-state index is 0.0705. The van der Waals surface area contributed by atoms with Crippen LogP contribution in [0.1, 0.15) is 110 Å². The summed E-state index contributed by atoms with van der Waals surface area (Å²) in [4.78, 5) is 18.7. The number of unbranched alkanes of at least 4 members (excludes halogenated alkanes) is 1. The second-order valence-electron chi connectivity index (χ2n) is 17.2. The molecule has 7 atom stereocenters. The summed E-state index contributed by atoms with van der Waals surface area (Å²) in [6.07, 6.45) is 14.4. The normalized spacial score (nSPS) is 38.5. The molecule has 7 aliphatic rings. The molecular weight excluding hydrogens is 552 g/mol. The summed E-state index contributed by atoms with van der Waals surface area (Å²) in [6.45, 7) is 14.5. The Labute approximate surface area is 264 Å². The standard InChI is InChI=1S/C37H54N2O5/c1-33(2,3)44-32(41)39(36-20-25-18-34(4,23-36)22-35(5,19-25)24-36)15-8-7-14-38-16-13-37-12-11-27(40)17-29(37)43-31-28(42-6)10-9-26(21-38)30(31)37/h9-12,25,27,29,40H,7-8,13-24H2,1-6H3/t25?,27-,29-,34-,35+,36?,37-/m0/s1. The minimum Gasteiger partial charge on any atom is -0.493 e. The number of ether oxygens (including phenoxy) is 3. The summed E-state index contributed by atoms with van der Waals surface area (Å²) in [7, 11) is 1.70. The predicted octanol–water partition coefficient (Wildman–Crippen LogP) is 6.99. The van der Waals surface area contributed by atoms with Crippen LogP contribution in [0.15, 0.2) is 24.3 Å². The number of hydrogen-bond donors (Lipinski definition) is 1. The largest absolute Gasteiger partial charge is 0.493 e. The van der Waals surface area contributed by atoms with Gasteiger partial charge in [0, 0.05) is 30.6 Å². The number of amides is 1. The van der Waals surface area contributed by atoms with Crippen molar-refractivity contribution in [3.63, 3.8) is 0 Å². The number of rotatable bonds is 7. The lowest BCUT2D eigenvalue weighted by molar-refractivity contribution is -0.157. The van der Waals surface area contributed by atoms with E-state index >= 15 is 0 Å². The Morgan fingerprint density at radius 2 is 1.86 bits per heavy atom. The van der Waals surface area contributed by atoms with Gasteiger partial charge in [-0.1, -0.05) is 32.1 Å². The van der Waals surface area contributed by atoms with Gasteiger partial charge in [0.25, 0.3) is 0 Å². The van der Waals surface area contributed by atoms with E-state index in [1.165, 1.54) is 30.4 Å². The Bertz CT molecular complexity index is 1320. The van der Waals surface area contributed by atoms with Crippen LogP contribution in [-0.2, 0) is 16.7 Å². The van der Waals surface area contributed by atoms with Gasteiger partial charge in [0.2, 0.25) is 0 Å². The highest BCUT2D eigenvalue weighted by Gasteiger charge is 2.63. The number of methoxy groups -OCH3 is 1. The molecule has 1 aromatic carbocycles. The van der Waals surface area contributed by atoms with Crippen molar-refractivity contribution in [2.24, 2.45) is 16.7 Å². The average molecular weight is 607 g/mol. The lowest BCUT2D eigenvalue weighted by Crippen LogP contribution is -2.66. The summed E-state index contributed by atoms with van der Waals surface area (Å²) in [5.41, 5.74) is 2.44. The molecule has 0 saturated heterocycles. The maximum absolute atomic E-state index is 13.9. The molecule has 7 heteroatoms. The van der Waals surface area contributed by atoms with Gasteiger partial charge in [0.1, 0.15) is 11.7 Å². The van der Waals surface area contributed by atoms with Crippen LogP contribution in [0.25, 0.3) is 0 Å². The molecule has 5 aliphatic carbocycles. The molecule has 7 nitrogen and oxygen atoms in total. The van der Waals surface area contributed by atoms with Crippen molar-refractivity contribution in [2.75, 3.05) is 26.7 Å². The van der Waals surface area contributed by atoms with E-state index in [1.54, 1.807) is 7.11 Å². The van der Waals surface area contributed by atoms with Gasteiger partial charge in [-0.15, -0.1) is 0 Å². The summed E-state index contributed by atoms with van der Waals surface area (Å²) in [5.74, 6) is 2.37. The molecule has 2 heterocycles. The monoisotopic (exact) mass is 606 g/mol. The summed E-state index contributed by atoms with van der Waals surface area (Å²) < 4.78 is 18.3. The molecule has 8 rings (SSSR count). The smallest absolute Gasteiger partial charge is 0.410 e. The van der Waals surface area contributed by atoms with Gasteiger partial charge in [-0.25, -0.2) is 4.79 Å². The molecule has 242 valence electrons. The molecule has 2 aliphatic heterocycles. The lowest BCUT2D eigenvalue weighted by Gasteiger charge is -2.67. The zero-order valence-corrected chi connectivity index (χ0v) is 27.9. The van der Waals surface area contributed by atoms with E-state index in [0.717, 1.165) is 82.1 Å². The Morgan fingerprint density at radius 3 is 2.55 bits per heavy atom. The first-order valence-corrected chi connectivity index (χ1v) is 17.2. The second kappa shape index (κ2) is 10.4. The first kappa shape index (κ1) is 30.4. The van der Waals surface area contributed by atoms with Crippen molar-refractivity contribution in [3.8, 4) is 11.5 Å². The van der Waals surface area contributed by atoms with Gasteiger partial charge in [0.15, 0.2) is 11.5 Å². The molecule has 0 aromatic heterocycles. The van der Waals surface area contributed by atoms with Crippen LogP contribution in [0.3, 0.4) is 0 Å². The molecule has 1 spiro atoms. The minimum atomic E-state index is -0.501. The zero-order valence-electron chi connectivity index (χ0n) is 27.9. The van der Waals surface area contributed by atoms with Crippen LogP contribution in [0.5, 0.6) is 11.5 Å². The van der Waals surface area contributed by atoms with E-state index in [1.807, 2.05) is 32.9 Å². The molecule has 4 fully saturated rings. The number of aliphatic hydroxyl groups is 1. The maximum atomic E-state index is 13.9. The summed E-state index contributed by atoms with van der Waals surface area (Å²) in [6, 6.07) is 4.24. The van der Waals surface area contributed by atoms with E-state index in [9.17, 15) is 9.90 Å². The molecular formula is C37H54N2O5. The number of carbonyl (C=O) groups is 1. The third-order valence-corrected chi connectivity index (χ3v) is 11.9. The zero-order chi connectivity index (χ0) is 31.1. The highest BCUT2D eigenvalue weighted by molar-refractivity contribution is 5.69. The quantitative estimate of drug-likeness (QED) is 0.267. The molecule has 1 N–H and O–H groups in total. The number of hydrogen-bond acceptors (Lipinski definition) is 6. The average Bonchev–Trinajstić information content (AvgIpc) is 3.13. The Balaban J connectivity index is 1.07. The van der Waals surface area contributed by atoms with Crippen LogP contribution < -0.4 is 9.47 Å². The summed E-state index contributed by atoms with van der Waals surface area (Å²) in [5, 5.41) is 10.4. The SMILES string of the molecule is COc1ccc2c3c1O[C@H]1C[C@@H](O)C=C[C@@]31CCN(CCCCN(C(=O)OC(C)(C)C)C13CC4C[C@@](C)(C1)C[C@](C)(C4)C3)C2. The number of benzene rings is 1. The fourth-order valence-electron chi connectivity index (χ4n) is 11.3. The van der Waals surface area contributed by atoms with Gasteiger partial charge < -0.3 is 24.2 Å². The van der Waals surface area contributed by atoms with Gasteiger partial charge >= 0.3 is 6.09 Å². The highest BCUT2D eigenvalue weighted by atomic mass is 16.6. The van der Waals surface area contributed by atoms with Crippen molar-refractivity contribution < 1.29 is 24.1 Å². The topological polar surface area (TPSA) is 71.5 Å². The van der Waals surface area contributed by atoms with E-state index in [-0.39, 0.29) is 23.2 Å². The van der Waals surface area contributed by atoms with Crippen molar-refractivity contribution >= 4 is 6.09 Å². The third-order valence-electron chi connectivity index (χ3n) is 11.9. The fraction of sp³-hybridized carbons (Fsp3) is 0.757. The second-order valence-corrected chi connectivity index (χ2v) is 17.2. The number of nitrogens with zero attached hydrogens (tertiary/aromatic N) is 2. The van der Waals surface area contributed by atoms with Gasteiger partial charge in [-0.05, 0) is 120 Å². The van der Waals surface area contributed by atoms with Gasteiger partial charge in [-0.3, -0.25) is 4.90 Å². The molecule has 1 aromatic rings. The van der Waals surface area contributed by atoms with Crippen LogP contribution in [0.4, 0.5) is 4.79 Å². The number of carbonyl (C=O) groups excluding carboxylic acids is 1. The van der Waals surface area contributed by atoms with Gasteiger partial charge in [-0.2, -0.15) is 0 Å². The highest BCUT2D eigenvalue weighted by Crippen LogP contribution is 2.68. The van der Waals surface area contributed by atoms with E-state index in [2.05, 4.69) is 35.8 Å². The van der Waals surface area contributed by atoms with Crippen LogP contribution in [0, 0.1) is 16.7 Å². The van der Waals surface area contributed by atoms with Crippen molar-refractivity contribution in [2.45, 2.75) is 134 Å². The maximum Gasteiger partial charge on any atom is 0.410 e. The first-order chi connectivity index (χ1) is 20.7. The predicted molar refractivity (Wildman–Crippen MR) is 171 cm³/mol. The molecule has 4 saturated carbocycles. The lowest BCUT2D eigenvalue weighted by atomic mass is 9.42. The van der Waals surface area contributed by atoms with E-state index < -0.39 is 11.7 Å². The third kappa shape index (κ3) is 5.14. The van der Waals surface area contributed by atoms with Crippen molar-refractivity contribution in [3.05, 3.63) is 35.4 Å². The Morgan fingerprint density at radius 1 is 1.11 bits per heavy atom. The molecule has 4 bridgehead atoms. The van der Waals surface area contributed by atoms with Crippen LogP contribution >= 0.6 is 0 Å². The molecule has 0 radical (unpaired) electrons. The van der Waals surface area contributed by atoms with Crippen LogP contribution in [-0.4, -0.2) is 71.1 Å². The summed E-state index contributed by atoms with van der Waals surface area (Å²) >= 11 is 0. The van der Waals surface area contributed by atoms with Crippen LogP contribution in [0.2, 0.25) is 0 Å². The van der Waals surface area contributed by atoms with Gasteiger partial charge in [0.05, 0.1) is 18.6 Å². The van der Waals surface area contributed by atoms with Crippen molar-refractivity contribution in [1.29, 1.82) is 0 Å². The van der Waals surface area contributed by atoms with E-state index in [4.69, 9.17) is 14.2 Å². The van der Waals surface area contributed by atoms with E-state index in [0.29, 0.717) is 17.3 Å². The molecule has 1 amide bonds. The Kier molecular flexibility index (Phi) is 7.17. The molecule has 2 unspecified atom stereocenters. The fourth-order valence-corrected chi connectivity index (χ4v) is 11.3. The Hall–Kier alpha value is -2.25. The van der Waals surface area contributed by atoms with Crippen molar-refractivity contribution in [1.82, 2.24) is 9.80 Å². The first-order valence-electron chi connectivity index (χ1n) is 17.2.